The molecule has 0 aliphatic heterocycles. The third-order valence-electron chi connectivity index (χ3n) is 3.20. The number of fused-ring (bicyclic) bond motifs is 1. The zero-order valence-electron chi connectivity index (χ0n) is 7.27. The fourth-order valence-electron chi connectivity index (χ4n) is 2.32. The molecule has 0 saturated heterocycles. The highest BCUT2D eigenvalue weighted by atomic mass is 14.4. The van der Waals surface area contributed by atoms with E-state index in [0.717, 1.165) is 0 Å². The maximum atomic E-state index is 2.42. The summed E-state index contributed by atoms with van der Waals surface area (Å²) in [6.45, 7) is 2.42. The van der Waals surface area contributed by atoms with Crippen LogP contribution in [0.4, 0.5) is 0 Å². The molecule has 0 N–H and O–H groups in total. The quantitative estimate of drug-likeness (QED) is 0.493. The fraction of sp³-hybridized carbons (Fsp3) is 0.636. The minimum Gasteiger partial charge on any atom is -0.0837 e. The van der Waals surface area contributed by atoms with Crippen LogP contribution in [0.25, 0.3) is 0 Å². The number of allylic oxidation sites excluding steroid dienone is 4. The minimum atomic E-state index is 0.549. The molecule has 0 aromatic carbocycles. The predicted octanol–water partition coefficient (Wildman–Crippen LogP) is 3.45. The molecule has 11 heavy (non-hydrogen) atoms. The van der Waals surface area contributed by atoms with Gasteiger partial charge in [0.15, 0.2) is 0 Å². The molecule has 0 bridgehead atoms. The molecule has 0 aromatic rings. The Kier molecular flexibility index (Phi) is 1.63. The Morgan fingerprint density at radius 1 is 1.36 bits per heavy atom. The molecule has 1 saturated carbocycles. The molecule has 2 rings (SSSR count). The summed E-state index contributed by atoms with van der Waals surface area (Å²) in [5.41, 5.74) is 2.25. The second kappa shape index (κ2) is 2.51. The van der Waals surface area contributed by atoms with Gasteiger partial charge >= 0.3 is 0 Å². The second-order valence-electron chi connectivity index (χ2n) is 4.09. The van der Waals surface area contributed by atoms with Crippen LogP contribution in [0.2, 0.25) is 0 Å². The van der Waals surface area contributed by atoms with Crippen molar-refractivity contribution < 1.29 is 0 Å². The van der Waals surface area contributed by atoms with Crippen LogP contribution in [0.5, 0.6) is 0 Å². The van der Waals surface area contributed by atoms with Crippen LogP contribution in [0.15, 0.2) is 23.8 Å². The summed E-state index contributed by atoms with van der Waals surface area (Å²) in [4.78, 5) is 0. The lowest BCUT2D eigenvalue weighted by molar-refractivity contribution is 0.303. The average molecular weight is 148 g/mol. The molecule has 1 unspecified atom stereocenters. The highest BCUT2D eigenvalue weighted by Gasteiger charge is 2.30. The standard InChI is InChI=1S/C11H16/c1-11-8-4-2-6-10(11)7-3-5-9-11/h2,4,6H,3,5,7-9H2,1H3. The van der Waals surface area contributed by atoms with Crippen molar-refractivity contribution in [3.05, 3.63) is 23.8 Å². The van der Waals surface area contributed by atoms with Crippen molar-refractivity contribution in [2.45, 2.75) is 39.0 Å². The van der Waals surface area contributed by atoms with Crippen molar-refractivity contribution >= 4 is 0 Å². The van der Waals surface area contributed by atoms with Crippen molar-refractivity contribution in [1.82, 2.24) is 0 Å². The molecular formula is C11H16. The molecule has 0 heterocycles. The van der Waals surface area contributed by atoms with Gasteiger partial charge < -0.3 is 0 Å². The van der Waals surface area contributed by atoms with Crippen molar-refractivity contribution in [2.75, 3.05) is 0 Å². The van der Waals surface area contributed by atoms with Crippen LogP contribution >= 0.6 is 0 Å². The lowest BCUT2D eigenvalue weighted by Crippen LogP contribution is -2.23. The number of hydrogen-bond donors (Lipinski definition) is 0. The van der Waals surface area contributed by atoms with E-state index in [9.17, 15) is 0 Å². The summed E-state index contributed by atoms with van der Waals surface area (Å²) >= 11 is 0. The monoisotopic (exact) mass is 148 g/mol. The highest BCUT2D eigenvalue weighted by molar-refractivity contribution is 5.26. The van der Waals surface area contributed by atoms with E-state index in [1.54, 1.807) is 5.57 Å². The zero-order chi connectivity index (χ0) is 7.73. The fourth-order valence-corrected chi connectivity index (χ4v) is 2.32. The molecule has 0 heteroatoms. The third kappa shape index (κ3) is 1.15. The van der Waals surface area contributed by atoms with Crippen LogP contribution in [0.3, 0.4) is 0 Å². The Bertz CT molecular complexity index is 210. The first-order valence-electron chi connectivity index (χ1n) is 4.67. The molecule has 0 radical (unpaired) electrons. The number of rotatable bonds is 0. The first kappa shape index (κ1) is 7.15. The van der Waals surface area contributed by atoms with Crippen molar-refractivity contribution in [2.24, 2.45) is 5.41 Å². The minimum absolute atomic E-state index is 0.549. The van der Waals surface area contributed by atoms with E-state index in [1.807, 2.05) is 0 Å². The summed E-state index contributed by atoms with van der Waals surface area (Å²) in [5.74, 6) is 0. The van der Waals surface area contributed by atoms with Crippen LogP contribution in [0, 0.1) is 5.41 Å². The highest BCUT2D eigenvalue weighted by Crippen LogP contribution is 2.44. The van der Waals surface area contributed by atoms with Crippen molar-refractivity contribution in [3.8, 4) is 0 Å². The van der Waals surface area contributed by atoms with Crippen LogP contribution in [-0.2, 0) is 0 Å². The second-order valence-corrected chi connectivity index (χ2v) is 4.09. The van der Waals surface area contributed by atoms with Crippen LogP contribution < -0.4 is 0 Å². The summed E-state index contributed by atoms with van der Waals surface area (Å²) in [7, 11) is 0. The zero-order valence-corrected chi connectivity index (χ0v) is 7.27. The van der Waals surface area contributed by atoms with E-state index < -0.39 is 0 Å². The van der Waals surface area contributed by atoms with Crippen LogP contribution in [0.1, 0.15) is 39.0 Å². The van der Waals surface area contributed by atoms with E-state index in [0.29, 0.717) is 5.41 Å². The molecule has 2 aliphatic carbocycles. The Morgan fingerprint density at radius 2 is 2.27 bits per heavy atom. The first-order valence-corrected chi connectivity index (χ1v) is 4.67. The van der Waals surface area contributed by atoms with Crippen molar-refractivity contribution in [3.63, 3.8) is 0 Å². The smallest absolute Gasteiger partial charge is 0.00787 e. The molecule has 0 aromatic heterocycles. The lowest BCUT2D eigenvalue weighted by atomic mass is 9.68. The molecule has 60 valence electrons. The van der Waals surface area contributed by atoms with Gasteiger partial charge in [0.2, 0.25) is 0 Å². The molecule has 0 spiro atoms. The summed E-state index contributed by atoms with van der Waals surface area (Å²) in [5, 5.41) is 0. The van der Waals surface area contributed by atoms with Gasteiger partial charge in [-0.25, -0.2) is 0 Å². The third-order valence-corrected chi connectivity index (χ3v) is 3.20. The van der Waals surface area contributed by atoms with E-state index >= 15 is 0 Å². The van der Waals surface area contributed by atoms with Gasteiger partial charge in [0, 0.05) is 0 Å². The Hall–Kier alpha value is -0.520. The number of hydrogen-bond acceptors (Lipinski definition) is 0. The van der Waals surface area contributed by atoms with Gasteiger partial charge in [0.1, 0.15) is 0 Å². The van der Waals surface area contributed by atoms with Gasteiger partial charge in [0.25, 0.3) is 0 Å². The first-order chi connectivity index (χ1) is 5.31. The van der Waals surface area contributed by atoms with Gasteiger partial charge in [-0.15, -0.1) is 0 Å². The normalized spacial score (nSPS) is 36.3. The van der Waals surface area contributed by atoms with E-state index in [2.05, 4.69) is 25.2 Å². The van der Waals surface area contributed by atoms with Crippen molar-refractivity contribution in [1.29, 1.82) is 0 Å². The maximum Gasteiger partial charge on any atom is -0.00787 e. The Labute approximate surface area is 69.0 Å². The van der Waals surface area contributed by atoms with E-state index in [-0.39, 0.29) is 0 Å². The molecule has 0 amide bonds. The summed E-state index contributed by atoms with van der Waals surface area (Å²) in [6.07, 6.45) is 13.7. The molecular weight excluding hydrogens is 132 g/mol. The molecule has 2 aliphatic rings. The molecule has 1 fully saturated rings. The van der Waals surface area contributed by atoms with E-state index in [4.69, 9.17) is 0 Å². The largest absolute Gasteiger partial charge is 0.0837 e. The summed E-state index contributed by atoms with van der Waals surface area (Å²) in [6, 6.07) is 0. The van der Waals surface area contributed by atoms with Gasteiger partial charge in [-0.05, 0) is 31.1 Å². The predicted molar refractivity (Wildman–Crippen MR) is 48.4 cm³/mol. The van der Waals surface area contributed by atoms with Gasteiger partial charge in [-0.1, -0.05) is 37.1 Å². The molecule has 0 nitrogen and oxygen atoms in total. The maximum absolute atomic E-state index is 2.42. The van der Waals surface area contributed by atoms with E-state index in [1.165, 1.54) is 32.1 Å². The van der Waals surface area contributed by atoms with Gasteiger partial charge in [0.05, 0.1) is 0 Å². The average Bonchev–Trinajstić information content (AvgIpc) is 2.03. The Balaban J connectivity index is 2.26. The topological polar surface area (TPSA) is 0 Å². The van der Waals surface area contributed by atoms with Gasteiger partial charge in [-0.3, -0.25) is 0 Å². The molecule has 1 atom stereocenters. The summed E-state index contributed by atoms with van der Waals surface area (Å²) < 4.78 is 0. The van der Waals surface area contributed by atoms with Crippen LogP contribution in [-0.4, -0.2) is 0 Å². The Morgan fingerprint density at radius 3 is 3.09 bits per heavy atom. The van der Waals surface area contributed by atoms with Gasteiger partial charge in [-0.2, -0.15) is 0 Å². The SMILES string of the molecule is CC12CC=CC=C1CCCC2. The lowest BCUT2D eigenvalue weighted by Gasteiger charge is -2.37.